The van der Waals surface area contributed by atoms with E-state index in [9.17, 15) is 4.79 Å². The van der Waals surface area contributed by atoms with Gasteiger partial charge in [-0.05, 0) is 54.8 Å². The van der Waals surface area contributed by atoms with Crippen LogP contribution in [-0.2, 0) is 17.8 Å². The quantitative estimate of drug-likeness (QED) is 0.761. The van der Waals surface area contributed by atoms with Crippen LogP contribution in [0.3, 0.4) is 0 Å². The Morgan fingerprint density at radius 3 is 2.70 bits per heavy atom. The van der Waals surface area contributed by atoms with Crippen molar-refractivity contribution >= 4 is 5.97 Å². The molecule has 144 valence electrons. The smallest absolute Gasteiger partial charge is 0.337 e. The van der Waals surface area contributed by atoms with E-state index in [0.717, 1.165) is 31.9 Å². The van der Waals surface area contributed by atoms with Crippen LogP contribution in [0.25, 0.3) is 0 Å². The summed E-state index contributed by atoms with van der Waals surface area (Å²) in [5.41, 5.74) is 3.05. The van der Waals surface area contributed by atoms with Gasteiger partial charge in [0.2, 0.25) is 0 Å². The lowest BCUT2D eigenvalue weighted by molar-refractivity contribution is 0.0600. The van der Waals surface area contributed by atoms with Gasteiger partial charge in [0, 0.05) is 25.7 Å². The van der Waals surface area contributed by atoms with Crippen molar-refractivity contribution in [2.45, 2.75) is 32.0 Å². The molecule has 0 aliphatic carbocycles. The number of hydrogen-bond acceptors (Lipinski definition) is 5. The van der Waals surface area contributed by atoms with Crippen LogP contribution in [-0.4, -0.2) is 44.2 Å². The molecule has 1 atom stereocenters. The van der Waals surface area contributed by atoms with Gasteiger partial charge in [-0.2, -0.15) is 0 Å². The predicted molar refractivity (Wildman–Crippen MR) is 106 cm³/mol. The Bertz CT molecular complexity index is 745. The largest absolute Gasteiger partial charge is 0.497 e. The maximum Gasteiger partial charge on any atom is 0.337 e. The number of likely N-dealkylation sites (tertiary alicyclic amines) is 1. The number of carbonyl (C=O) groups excluding carboxylic acids is 1. The highest BCUT2D eigenvalue weighted by atomic mass is 16.5. The van der Waals surface area contributed by atoms with Crippen molar-refractivity contribution in [3.63, 3.8) is 0 Å². The number of esters is 1. The Morgan fingerprint density at radius 1 is 1.15 bits per heavy atom. The number of piperidine rings is 1. The molecule has 0 amide bonds. The van der Waals surface area contributed by atoms with E-state index < -0.39 is 0 Å². The van der Waals surface area contributed by atoms with Crippen LogP contribution in [0, 0.1) is 0 Å². The molecule has 0 aromatic heterocycles. The number of benzene rings is 2. The SMILES string of the molecule is COC(=O)c1ccc(CN[C@H]2CCCN(Cc3cccc(OC)c3)C2)cc1. The van der Waals surface area contributed by atoms with Gasteiger partial charge in [0.25, 0.3) is 0 Å². The lowest BCUT2D eigenvalue weighted by Crippen LogP contribution is -2.45. The molecule has 5 heteroatoms. The van der Waals surface area contributed by atoms with Crippen molar-refractivity contribution < 1.29 is 14.3 Å². The van der Waals surface area contributed by atoms with E-state index in [0.29, 0.717) is 11.6 Å². The molecule has 1 aliphatic heterocycles. The summed E-state index contributed by atoms with van der Waals surface area (Å²) in [4.78, 5) is 14.0. The molecule has 1 saturated heterocycles. The lowest BCUT2D eigenvalue weighted by atomic mass is 10.0. The molecule has 0 bridgehead atoms. The molecule has 1 aliphatic rings. The second-order valence-corrected chi connectivity index (χ2v) is 7.00. The van der Waals surface area contributed by atoms with E-state index in [2.05, 4.69) is 22.3 Å². The molecule has 5 nitrogen and oxygen atoms in total. The first kappa shape index (κ1) is 19.4. The average Bonchev–Trinajstić information content (AvgIpc) is 2.72. The fraction of sp³-hybridized carbons (Fsp3) is 0.409. The van der Waals surface area contributed by atoms with Crippen molar-refractivity contribution in [1.82, 2.24) is 10.2 Å². The topological polar surface area (TPSA) is 50.8 Å². The summed E-state index contributed by atoms with van der Waals surface area (Å²) in [5, 5.41) is 3.66. The first-order valence-corrected chi connectivity index (χ1v) is 9.44. The van der Waals surface area contributed by atoms with E-state index in [-0.39, 0.29) is 5.97 Å². The minimum atomic E-state index is -0.296. The molecular weight excluding hydrogens is 340 g/mol. The van der Waals surface area contributed by atoms with Crippen molar-refractivity contribution in [3.8, 4) is 5.75 Å². The highest BCUT2D eigenvalue weighted by Gasteiger charge is 2.19. The molecule has 27 heavy (non-hydrogen) atoms. The zero-order valence-electron chi connectivity index (χ0n) is 16.1. The summed E-state index contributed by atoms with van der Waals surface area (Å²) < 4.78 is 10.1. The summed E-state index contributed by atoms with van der Waals surface area (Å²) in [6, 6.07) is 16.4. The molecule has 0 unspecified atom stereocenters. The maximum absolute atomic E-state index is 11.5. The number of hydrogen-bond donors (Lipinski definition) is 1. The predicted octanol–water partition coefficient (Wildman–Crippen LogP) is 3.24. The van der Waals surface area contributed by atoms with E-state index in [4.69, 9.17) is 9.47 Å². The van der Waals surface area contributed by atoms with Crippen LogP contribution in [0.15, 0.2) is 48.5 Å². The minimum Gasteiger partial charge on any atom is -0.497 e. The van der Waals surface area contributed by atoms with Crippen molar-refractivity contribution in [2.24, 2.45) is 0 Å². The minimum absolute atomic E-state index is 0.296. The van der Waals surface area contributed by atoms with E-state index in [1.807, 2.05) is 36.4 Å². The highest BCUT2D eigenvalue weighted by Crippen LogP contribution is 2.18. The molecule has 3 rings (SSSR count). The van der Waals surface area contributed by atoms with Crippen LogP contribution in [0.5, 0.6) is 5.75 Å². The highest BCUT2D eigenvalue weighted by molar-refractivity contribution is 5.89. The molecular formula is C22H28N2O3. The first-order chi connectivity index (χ1) is 13.2. The second-order valence-electron chi connectivity index (χ2n) is 7.00. The molecule has 0 radical (unpaired) electrons. The van der Waals surface area contributed by atoms with Crippen LogP contribution in [0.4, 0.5) is 0 Å². The Morgan fingerprint density at radius 2 is 1.96 bits per heavy atom. The molecule has 1 N–H and O–H groups in total. The summed E-state index contributed by atoms with van der Waals surface area (Å²) in [5.74, 6) is 0.615. The van der Waals surface area contributed by atoms with Crippen molar-refractivity contribution in [3.05, 3.63) is 65.2 Å². The summed E-state index contributed by atoms with van der Waals surface area (Å²) >= 11 is 0. The summed E-state index contributed by atoms with van der Waals surface area (Å²) in [6.45, 7) is 3.92. The van der Waals surface area contributed by atoms with Gasteiger partial charge in [-0.1, -0.05) is 24.3 Å². The third kappa shape index (κ3) is 5.55. The average molecular weight is 368 g/mol. The van der Waals surface area contributed by atoms with Gasteiger partial charge in [-0.15, -0.1) is 0 Å². The maximum atomic E-state index is 11.5. The Hall–Kier alpha value is -2.37. The Balaban J connectivity index is 1.50. The normalized spacial score (nSPS) is 17.5. The van der Waals surface area contributed by atoms with Gasteiger partial charge in [0.05, 0.1) is 19.8 Å². The van der Waals surface area contributed by atoms with Gasteiger partial charge in [0.15, 0.2) is 0 Å². The van der Waals surface area contributed by atoms with E-state index in [1.54, 1.807) is 7.11 Å². The monoisotopic (exact) mass is 368 g/mol. The van der Waals surface area contributed by atoms with E-state index in [1.165, 1.54) is 31.1 Å². The van der Waals surface area contributed by atoms with Gasteiger partial charge in [0.1, 0.15) is 5.75 Å². The number of rotatable bonds is 7. The zero-order chi connectivity index (χ0) is 19.1. The molecule has 1 heterocycles. The van der Waals surface area contributed by atoms with Gasteiger partial charge in [-0.25, -0.2) is 4.79 Å². The van der Waals surface area contributed by atoms with Gasteiger partial charge in [-0.3, -0.25) is 4.90 Å². The third-order valence-corrected chi connectivity index (χ3v) is 5.02. The fourth-order valence-electron chi connectivity index (χ4n) is 3.53. The Labute approximate surface area is 161 Å². The van der Waals surface area contributed by atoms with Crippen molar-refractivity contribution in [1.29, 1.82) is 0 Å². The van der Waals surface area contributed by atoms with E-state index >= 15 is 0 Å². The number of carbonyl (C=O) groups is 1. The van der Waals surface area contributed by atoms with Gasteiger partial charge < -0.3 is 14.8 Å². The lowest BCUT2D eigenvalue weighted by Gasteiger charge is -2.33. The van der Waals surface area contributed by atoms with Crippen LogP contribution >= 0.6 is 0 Å². The van der Waals surface area contributed by atoms with Gasteiger partial charge >= 0.3 is 5.97 Å². The fourth-order valence-corrected chi connectivity index (χ4v) is 3.53. The number of ether oxygens (including phenoxy) is 2. The second kappa shape index (κ2) is 9.53. The molecule has 2 aromatic carbocycles. The number of methoxy groups -OCH3 is 2. The standard InChI is InChI=1S/C22H28N2O3/c1-26-21-7-3-5-18(13-21)15-24-12-4-6-20(16-24)23-14-17-8-10-19(11-9-17)22(25)27-2/h3,5,7-11,13,20,23H,4,6,12,14-16H2,1-2H3/t20-/m0/s1. The van der Waals surface area contributed by atoms with Crippen LogP contribution in [0.1, 0.15) is 34.3 Å². The summed E-state index contributed by atoms with van der Waals surface area (Å²) in [6.07, 6.45) is 2.39. The molecule has 2 aromatic rings. The molecule has 1 fully saturated rings. The molecule has 0 spiro atoms. The first-order valence-electron chi connectivity index (χ1n) is 9.44. The van der Waals surface area contributed by atoms with Crippen LogP contribution in [0.2, 0.25) is 0 Å². The molecule has 0 saturated carbocycles. The summed E-state index contributed by atoms with van der Waals surface area (Å²) in [7, 11) is 3.11. The third-order valence-electron chi connectivity index (χ3n) is 5.02. The van der Waals surface area contributed by atoms with Crippen LogP contribution < -0.4 is 10.1 Å². The number of nitrogens with one attached hydrogen (secondary N) is 1. The zero-order valence-corrected chi connectivity index (χ0v) is 16.1. The van der Waals surface area contributed by atoms with Crippen molar-refractivity contribution in [2.75, 3.05) is 27.3 Å². The number of nitrogens with zero attached hydrogens (tertiary/aromatic N) is 1. The Kier molecular flexibility index (Phi) is 6.85.